The van der Waals surface area contributed by atoms with Crippen molar-refractivity contribution in [1.82, 2.24) is 24.4 Å². The van der Waals surface area contributed by atoms with Gasteiger partial charge in [0.05, 0.1) is 21.6 Å². The fourth-order valence-electron chi connectivity index (χ4n) is 3.84. The molecule has 1 saturated heterocycles. The molecule has 0 saturated carbocycles. The lowest BCUT2D eigenvalue weighted by Gasteiger charge is -2.33. The van der Waals surface area contributed by atoms with Crippen LogP contribution in [0.4, 0.5) is 0 Å². The fourth-order valence-corrected chi connectivity index (χ4v) is 4.60. The van der Waals surface area contributed by atoms with E-state index in [2.05, 4.69) is 26.6 Å². The van der Waals surface area contributed by atoms with Crippen LogP contribution in [0.25, 0.3) is 28.6 Å². The van der Waals surface area contributed by atoms with Gasteiger partial charge in [-0.3, -0.25) is 0 Å². The number of nitrogens with zero attached hydrogens (tertiary/aromatic N) is 5. The Kier molecular flexibility index (Phi) is 5.72. The maximum atomic E-state index is 6.54. The normalized spacial score (nSPS) is 16.6. The highest BCUT2D eigenvalue weighted by molar-refractivity contribution is 6.36. The van der Waals surface area contributed by atoms with Crippen LogP contribution in [0.15, 0.2) is 47.4 Å². The van der Waals surface area contributed by atoms with Crippen LogP contribution < -0.4 is 4.74 Å². The average Bonchev–Trinajstić information content (AvgIpc) is 3.40. The number of halogens is 3. The van der Waals surface area contributed by atoms with E-state index in [1.54, 1.807) is 18.3 Å². The van der Waals surface area contributed by atoms with Crippen molar-refractivity contribution in [2.45, 2.75) is 25.9 Å². The van der Waals surface area contributed by atoms with Crippen LogP contribution in [0.2, 0.25) is 15.1 Å². The summed E-state index contributed by atoms with van der Waals surface area (Å²) in [5.74, 6) is 1.07. The van der Waals surface area contributed by atoms with Gasteiger partial charge in [0.25, 0.3) is 5.89 Å². The molecule has 0 spiro atoms. The molecule has 4 heterocycles. The maximum Gasteiger partial charge on any atom is 0.278 e. The summed E-state index contributed by atoms with van der Waals surface area (Å²) < 4.78 is 13.4. The van der Waals surface area contributed by atoms with Crippen LogP contribution in [-0.2, 0) is 0 Å². The molecule has 1 aliphatic rings. The maximum absolute atomic E-state index is 6.54. The third-order valence-electron chi connectivity index (χ3n) is 5.62. The quantitative estimate of drug-likeness (QED) is 0.324. The van der Waals surface area contributed by atoms with Crippen molar-refractivity contribution >= 4 is 40.4 Å². The number of pyridine rings is 1. The number of rotatable bonds is 4. The lowest BCUT2D eigenvalue weighted by molar-refractivity contribution is 0.128. The smallest absolute Gasteiger partial charge is 0.278 e. The van der Waals surface area contributed by atoms with Gasteiger partial charge in [-0.15, -0.1) is 0 Å². The molecular formula is C23H20Cl3N5O2. The molecule has 4 aromatic rings. The Morgan fingerprint density at radius 2 is 1.91 bits per heavy atom. The molecule has 1 atom stereocenters. The highest BCUT2D eigenvalue weighted by atomic mass is 35.5. The van der Waals surface area contributed by atoms with E-state index in [0.29, 0.717) is 43.5 Å². The summed E-state index contributed by atoms with van der Waals surface area (Å²) in [5, 5.41) is 5.44. The van der Waals surface area contributed by atoms with Crippen LogP contribution >= 0.6 is 34.8 Å². The van der Waals surface area contributed by atoms with Gasteiger partial charge in [0, 0.05) is 36.8 Å². The van der Waals surface area contributed by atoms with Crippen molar-refractivity contribution in [1.29, 1.82) is 0 Å². The minimum absolute atomic E-state index is 0.00204. The van der Waals surface area contributed by atoms with Gasteiger partial charge < -0.3 is 18.6 Å². The number of aryl methyl sites for hydroxylation is 1. The number of piperidine rings is 1. The lowest BCUT2D eigenvalue weighted by Crippen LogP contribution is -2.37. The molecule has 170 valence electrons. The summed E-state index contributed by atoms with van der Waals surface area (Å²) in [6, 6.07) is 5.22. The third-order valence-corrected chi connectivity index (χ3v) is 6.50. The fraction of sp³-hybridized carbons (Fsp3) is 0.261. The van der Waals surface area contributed by atoms with Gasteiger partial charge >= 0.3 is 0 Å². The van der Waals surface area contributed by atoms with Crippen molar-refractivity contribution in [3.8, 4) is 28.7 Å². The third kappa shape index (κ3) is 4.28. The van der Waals surface area contributed by atoms with Gasteiger partial charge in [0.1, 0.15) is 17.5 Å². The standard InChI is InChI=1S/C23H20Cl3N5O2/c1-12-6-18(26)22-27-19(11-31(22)9-12)23-28-21(29-33-23)15-7-17(25)20(8-16(15)24)32-14-5-4-13(2)30(3)10-14/h6-9,11,14H,2,4-5,10H2,1,3H3/t14-/m0/s1. The highest BCUT2D eigenvalue weighted by Crippen LogP contribution is 2.37. The first-order chi connectivity index (χ1) is 15.8. The lowest BCUT2D eigenvalue weighted by atomic mass is 10.1. The molecule has 0 N–H and O–H groups in total. The van der Waals surface area contributed by atoms with Crippen LogP contribution in [0, 0.1) is 6.92 Å². The SMILES string of the molecule is C=C1CC[C@H](Oc2cc(Cl)c(-c3noc(-c4cn5cc(C)cc(Cl)c5n4)n3)cc2Cl)CN1C. The van der Waals surface area contributed by atoms with E-state index in [9.17, 15) is 0 Å². The zero-order chi connectivity index (χ0) is 23.3. The molecule has 0 amide bonds. The van der Waals surface area contributed by atoms with Gasteiger partial charge in [-0.05, 0) is 37.5 Å². The molecule has 0 aliphatic carbocycles. The Morgan fingerprint density at radius 3 is 2.70 bits per heavy atom. The molecule has 0 bridgehead atoms. The largest absolute Gasteiger partial charge is 0.487 e. The molecule has 0 radical (unpaired) electrons. The van der Waals surface area contributed by atoms with Crippen molar-refractivity contribution in [3.05, 3.63) is 63.5 Å². The number of likely N-dealkylation sites (N-methyl/N-ethyl adjacent to an activating group) is 1. The Morgan fingerprint density at radius 1 is 1.09 bits per heavy atom. The number of hydrogen-bond acceptors (Lipinski definition) is 6. The number of likely N-dealkylation sites (tertiary alicyclic amines) is 1. The predicted octanol–water partition coefficient (Wildman–Crippen LogP) is 6.31. The van der Waals surface area contributed by atoms with Gasteiger partial charge in [0.15, 0.2) is 5.65 Å². The van der Waals surface area contributed by atoms with E-state index in [0.717, 1.165) is 30.6 Å². The van der Waals surface area contributed by atoms with Crippen LogP contribution in [0.3, 0.4) is 0 Å². The number of imidazole rings is 1. The van der Waals surface area contributed by atoms with Gasteiger partial charge in [0.2, 0.25) is 5.82 Å². The van der Waals surface area contributed by atoms with E-state index in [-0.39, 0.29) is 12.0 Å². The summed E-state index contributed by atoms with van der Waals surface area (Å²) in [6.07, 6.45) is 5.46. The van der Waals surface area contributed by atoms with Crippen molar-refractivity contribution in [3.63, 3.8) is 0 Å². The minimum Gasteiger partial charge on any atom is -0.487 e. The number of fused-ring (bicyclic) bond motifs is 1. The van der Waals surface area contributed by atoms with Gasteiger partial charge in [-0.25, -0.2) is 4.98 Å². The molecule has 1 aromatic carbocycles. The summed E-state index contributed by atoms with van der Waals surface area (Å²) >= 11 is 19.4. The van der Waals surface area contributed by atoms with Crippen LogP contribution in [0.1, 0.15) is 18.4 Å². The average molecular weight is 505 g/mol. The number of benzene rings is 1. The molecule has 10 heteroatoms. The van der Waals surface area contributed by atoms with E-state index in [4.69, 9.17) is 44.1 Å². The molecule has 1 aliphatic heterocycles. The highest BCUT2D eigenvalue weighted by Gasteiger charge is 2.23. The monoisotopic (exact) mass is 503 g/mol. The first kappa shape index (κ1) is 22.1. The summed E-state index contributed by atoms with van der Waals surface area (Å²) in [7, 11) is 2.00. The molecule has 3 aromatic heterocycles. The molecule has 1 fully saturated rings. The topological polar surface area (TPSA) is 68.7 Å². The molecule has 33 heavy (non-hydrogen) atoms. The van der Waals surface area contributed by atoms with Gasteiger partial charge in [-0.2, -0.15) is 4.98 Å². The molecule has 7 nitrogen and oxygen atoms in total. The number of aromatic nitrogens is 4. The summed E-state index contributed by atoms with van der Waals surface area (Å²) in [6.45, 7) is 6.74. The predicted molar refractivity (Wildman–Crippen MR) is 129 cm³/mol. The Hall–Kier alpha value is -2.74. The Balaban J connectivity index is 1.41. The number of allylic oxidation sites excluding steroid dienone is 1. The second-order valence-corrected chi connectivity index (χ2v) is 9.35. The molecular weight excluding hydrogens is 485 g/mol. The van der Waals surface area contributed by atoms with E-state index >= 15 is 0 Å². The van der Waals surface area contributed by atoms with E-state index in [1.807, 2.05) is 30.6 Å². The summed E-state index contributed by atoms with van der Waals surface area (Å²) in [5.41, 5.74) is 3.76. The zero-order valence-corrected chi connectivity index (χ0v) is 20.2. The number of hydrogen-bond donors (Lipinski definition) is 0. The van der Waals surface area contributed by atoms with E-state index < -0.39 is 0 Å². The van der Waals surface area contributed by atoms with E-state index in [1.165, 1.54) is 0 Å². The van der Waals surface area contributed by atoms with Crippen LogP contribution in [0.5, 0.6) is 5.75 Å². The van der Waals surface area contributed by atoms with Crippen molar-refractivity contribution in [2.24, 2.45) is 0 Å². The summed E-state index contributed by atoms with van der Waals surface area (Å²) in [4.78, 5) is 11.1. The molecule has 0 unspecified atom stereocenters. The Labute approximate surface area is 205 Å². The zero-order valence-electron chi connectivity index (χ0n) is 18.0. The van der Waals surface area contributed by atoms with Crippen molar-refractivity contribution < 1.29 is 9.26 Å². The Bertz CT molecular complexity index is 1380. The minimum atomic E-state index is 0.00204. The number of ether oxygens (including phenoxy) is 1. The second-order valence-electron chi connectivity index (χ2n) is 8.13. The van der Waals surface area contributed by atoms with Crippen LogP contribution in [-0.4, -0.2) is 44.1 Å². The second kappa shape index (κ2) is 8.56. The van der Waals surface area contributed by atoms with Crippen molar-refractivity contribution in [2.75, 3.05) is 13.6 Å². The first-order valence-electron chi connectivity index (χ1n) is 10.3. The van der Waals surface area contributed by atoms with Gasteiger partial charge in [-0.1, -0.05) is 46.5 Å². The first-order valence-corrected chi connectivity index (χ1v) is 11.5. The molecule has 5 rings (SSSR count).